The fraction of sp³-hybridized carbons (Fsp3) is 0.269. The van der Waals surface area contributed by atoms with E-state index in [0.29, 0.717) is 22.5 Å². The second kappa shape index (κ2) is 9.05. The van der Waals surface area contributed by atoms with E-state index in [0.717, 1.165) is 27.4 Å². The van der Waals surface area contributed by atoms with Crippen molar-refractivity contribution < 1.29 is 23.8 Å². The standard InChI is InChI=1S/C26H26N2O6/c1-13-14(2)26(32)34-23-15(3)22(10-9-18(13)23)33-16(4)24(29)28-21(25(30)31)11-17-12-27-20-8-6-5-7-19(17)20/h5-10,12,16,21,27H,11H2,1-4H3,(H,28,29)(H,30,31)/t16-,21-/m0/s1. The monoisotopic (exact) mass is 462 g/mol. The van der Waals surface area contributed by atoms with Gasteiger partial charge in [0, 0.05) is 40.0 Å². The fourth-order valence-electron chi connectivity index (χ4n) is 4.01. The molecule has 0 unspecified atom stereocenters. The first kappa shape index (κ1) is 23.1. The predicted octanol–water partition coefficient (Wildman–Crippen LogP) is 3.78. The number of amides is 1. The lowest BCUT2D eigenvalue weighted by Crippen LogP contribution is -2.47. The molecule has 3 N–H and O–H groups in total. The Morgan fingerprint density at radius 2 is 1.79 bits per heavy atom. The molecule has 176 valence electrons. The van der Waals surface area contributed by atoms with Crippen LogP contribution < -0.4 is 15.7 Å². The highest BCUT2D eigenvalue weighted by Crippen LogP contribution is 2.30. The Hall–Kier alpha value is -4.07. The highest BCUT2D eigenvalue weighted by atomic mass is 16.5. The van der Waals surface area contributed by atoms with E-state index in [9.17, 15) is 19.5 Å². The number of fused-ring (bicyclic) bond motifs is 2. The van der Waals surface area contributed by atoms with Crippen LogP contribution in [0.15, 0.2) is 51.8 Å². The third kappa shape index (κ3) is 4.26. The minimum absolute atomic E-state index is 0.122. The number of aryl methyl sites for hydroxylation is 2. The quantitative estimate of drug-likeness (QED) is 0.359. The van der Waals surface area contributed by atoms with Crippen molar-refractivity contribution in [3.05, 3.63) is 75.3 Å². The SMILES string of the molecule is Cc1c(C)c2ccc(O[C@@H](C)C(=O)N[C@@H](Cc3c[nH]c4ccccc34)C(=O)O)c(C)c2oc1=O. The third-order valence-corrected chi connectivity index (χ3v) is 6.21. The number of hydrogen-bond acceptors (Lipinski definition) is 5. The Labute approximate surface area is 195 Å². The van der Waals surface area contributed by atoms with Crippen molar-refractivity contribution >= 4 is 33.7 Å². The molecule has 0 aliphatic carbocycles. The van der Waals surface area contributed by atoms with E-state index in [1.807, 2.05) is 31.2 Å². The molecule has 8 heteroatoms. The fourth-order valence-corrected chi connectivity index (χ4v) is 4.01. The van der Waals surface area contributed by atoms with Crippen LogP contribution in [0.3, 0.4) is 0 Å². The molecule has 0 spiro atoms. The number of para-hydroxylation sites is 1. The molecule has 0 aliphatic heterocycles. The number of aliphatic carboxylic acids is 1. The number of ether oxygens (including phenoxy) is 1. The van der Waals surface area contributed by atoms with E-state index in [2.05, 4.69) is 10.3 Å². The largest absolute Gasteiger partial charge is 0.480 e. The molecule has 1 amide bonds. The molecular weight excluding hydrogens is 436 g/mol. The Morgan fingerprint density at radius 3 is 2.53 bits per heavy atom. The van der Waals surface area contributed by atoms with Crippen LogP contribution in [0.1, 0.15) is 29.2 Å². The van der Waals surface area contributed by atoms with E-state index >= 15 is 0 Å². The minimum Gasteiger partial charge on any atom is -0.480 e. The number of rotatable bonds is 7. The molecule has 2 aromatic carbocycles. The van der Waals surface area contributed by atoms with Gasteiger partial charge in [-0.1, -0.05) is 18.2 Å². The first-order valence-electron chi connectivity index (χ1n) is 11.0. The van der Waals surface area contributed by atoms with E-state index in [1.54, 1.807) is 39.1 Å². The lowest BCUT2D eigenvalue weighted by atomic mass is 10.0. The molecule has 0 radical (unpaired) electrons. The Bertz CT molecular complexity index is 1470. The summed E-state index contributed by atoms with van der Waals surface area (Å²) in [5.41, 5.74) is 3.64. The van der Waals surface area contributed by atoms with Gasteiger partial charge in [0.1, 0.15) is 17.4 Å². The molecule has 4 rings (SSSR count). The van der Waals surface area contributed by atoms with E-state index in [-0.39, 0.29) is 6.42 Å². The van der Waals surface area contributed by atoms with Gasteiger partial charge < -0.3 is 24.6 Å². The van der Waals surface area contributed by atoms with Crippen molar-refractivity contribution in [2.75, 3.05) is 0 Å². The molecule has 2 atom stereocenters. The molecule has 34 heavy (non-hydrogen) atoms. The second-order valence-electron chi connectivity index (χ2n) is 8.43. The van der Waals surface area contributed by atoms with Crippen molar-refractivity contribution in [2.24, 2.45) is 0 Å². The van der Waals surface area contributed by atoms with Gasteiger partial charge in [-0.2, -0.15) is 0 Å². The zero-order valence-electron chi connectivity index (χ0n) is 19.4. The van der Waals surface area contributed by atoms with Crippen LogP contribution in [-0.2, 0) is 16.0 Å². The number of hydrogen-bond donors (Lipinski definition) is 3. The van der Waals surface area contributed by atoms with Crippen molar-refractivity contribution in [1.29, 1.82) is 0 Å². The number of nitrogens with one attached hydrogen (secondary N) is 2. The van der Waals surface area contributed by atoms with Crippen LogP contribution >= 0.6 is 0 Å². The number of carbonyl (C=O) groups is 2. The smallest absolute Gasteiger partial charge is 0.339 e. The third-order valence-electron chi connectivity index (χ3n) is 6.21. The minimum atomic E-state index is -1.14. The maximum Gasteiger partial charge on any atom is 0.339 e. The van der Waals surface area contributed by atoms with Gasteiger partial charge in [0.15, 0.2) is 6.10 Å². The summed E-state index contributed by atoms with van der Waals surface area (Å²) in [6.07, 6.45) is 0.901. The summed E-state index contributed by atoms with van der Waals surface area (Å²) in [4.78, 5) is 39.9. The lowest BCUT2D eigenvalue weighted by Gasteiger charge is -2.20. The van der Waals surface area contributed by atoms with Crippen LogP contribution in [0.4, 0.5) is 0 Å². The van der Waals surface area contributed by atoms with Gasteiger partial charge in [-0.15, -0.1) is 0 Å². The van der Waals surface area contributed by atoms with Crippen molar-refractivity contribution in [3.63, 3.8) is 0 Å². The normalized spacial score (nSPS) is 13.1. The summed E-state index contributed by atoms with van der Waals surface area (Å²) in [5, 5.41) is 14.0. The van der Waals surface area contributed by atoms with Crippen molar-refractivity contribution in [2.45, 2.75) is 46.3 Å². The number of carbonyl (C=O) groups excluding carboxylic acids is 1. The number of carboxylic acid groups (broad SMARTS) is 1. The van der Waals surface area contributed by atoms with Crippen molar-refractivity contribution in [1.82, 2.24) is 10.3 Å². The highest BCUT2D eigenvalue weighted by molar-refractivity contribution is 5.89. The molecule has 0 saturated carbocycles. The molecule has 2 heterocycles. The topological polar surface area (TPSA) is 122 Å². The number of aromatic nitrogens is 1. The maximum absolute atomic E-state index is 12.8. The van der Waals surface area contributed by atoms with Gasteiger partial charge >= 0.3 is 11.6 Å². The molecule has 4 aromatic rings. The number of aromatic amines is 1. The van der Waals surface area contributed by atoms with Gasteiger partial charge in [0.05, 0.1) is 0 Å². The van der Waals surface area contributed by atoms with Gasteiger partial charge in [0.25, 0.3) is 5.91 Å². The molecule has 0 aliphatic rings. The zero-order valence-corrected chi connectivity index (χ0v) is 19.4. The Morgan fingerprint density at radius 1 is 1.06 bits per heavy atom. The summed E-state index contributed by atoms with van der Waals surface area (Å²) in [6, 6.07) is 9.94. The number of carboxylic acids is 1. The molecule has 8 nitrogen and oxygen atoms in total. The summed E-state index contributed by atoms with van der Waals surface area (Å²) >= 11 is 0. The highest BCUT2D eigenvalue weighted by Gasteiger charge is 2.26. The summed E-state index contributed by atoms with van der Waals surface area (Å²) in [5.74, 6) is -1.32. The molecular formula is C26H26N2O6. The second-order valence-corrected chi connectivity index (χ2v) is 8.43. The van der Waals surface area contributed by atoms with Crippen LogP contribution in [0.5, 0.6) is 5.75 Å². The van der Waals surface area contributed by atoms with Gasteiger partial charge in [-0.3, -0.25) is 4.79 Å². The first-order valence-corrected chi connectivity index (χ1v) is 11.0. The number of H-pyrrole nitrogens is 1. The molecule has 0 fully saturated rings. The van der Waals surface area contributed by atoms with Crippen LogP contribution in [0.25, 0.3) is 21.9 Å². The van der Waals surface area contributed by atoms with Gasteiger partial charge in [-0.05, 0) is 57.0 Å². The molecule has 0 bridgehead atoms. The molecule has 0 saturated heterocycles. The Kier molecular flexibility index (Phi) is 6.15. The Balaban J connectivity index is 1.52. The number of benzene rings is 2. The van der Waals surface area contributed by atoms with Crippen LogP contribution in [0.2, 0.25) is 0 Å². The summed E-state index contributed by atoms with van der Waals surface area (Å²) in [7, 11) is 0. The molecule has 2 aromatic heterocycles. The van der Waals surface area contributed by atoms with E-state index in [4.69, 9.17) is 9.15 Å². The van der Waals surface area contributed by atoms with E-state index < -0.39 is 29.6 Å². The lowest BCUT2D eigenvalue weighted by molar-refractivity contribution is -0.142. The van der Waals surface area contributed by atoms with Crippen LogP contribution in [-0.4, -0.2) is 34.1 Å². The zero-order chi connectivity index (χ0) is 24.6. The average molecular weight is 463 g/mol. The van der Waals surface area contributed by atoms with Gasteiger partial charge in [0.2, 0.25) is 0 Å². The first-order chi connectivity index (χ1) is 16.2. The van der Waals surface area contributed by atoms with Crippen molar-refractivity contribution in [3.8, 4) is 5.75 Å². The van der Waals surface area contributed by atoms with Gasteiger partial charge in [-0.25, -0.2) is 9.59 Å². The average Bonchev–Trinajstić information content (AvgIpc) is 3.22. The predicted molar refractivity (Wildman–Crippen MR) is 128 cm³/mol. The van der Waals surface area contributed by atoms with Crippen LogP contribution in [0, 0.1) is 20.8 Å². The van der Waals surface area contributed by atoms with E-state index in [1.165, 1.54) is 0 Å². The summed E-state index contributed by atoms with van der Waals surface area (Å²) < 4.78 is 11.3. The maximum atomic E-state index is 12.8. The summed E-state index contributed by atoms with van der Waals surface area (Å²) in [6.45, 7) is 6.85.